The van der Waals surface area contributed by atoms with E-state index < -0.39 is 18.1 Å². The van der Waals surface area contributed by atoms with Gasteiger partial charge in [0.2, 0.25) is 0 Å². The molecule has 0 aliphatic carbocycles. The number of hydrogen-bond donors (Lipinski definition) is 0. The fourth-order valence-electron chi connectivity index (χ4n) is 12.1. The zero-order chi connectivity index (χ0) is 53.3. The SMILES string of the molecule is CCOc1c(OCC)c2c3c4c1P(=S)(c1ccc(CCC(C)C)cc1)c1c(OCC)c(OCC)c5c(c14)c1c(c(OCC)c(OCC)c(c31)P2(=S)c1ccc(CCC(C)C)cc1)P5(=S)c1ccc(CCC(C)C)cc1. The van der Waals surface area contributed by atoms with Gasteiger partial charge in [-0.3, -0.25) is 0 Å². The molecule has 0 fully saturated rings. The van der Waals surface area contributed by atoms with Gasteiger partial charge in [-0.1, -0.05) is 150 Å². The molecular formula is C63H75O6P3S3. The molecule has 3 heterocycles. The van der Waals surface area contributed by atoms with Crippen LogP contribution in [0.5, 0.6) is 34.5 Å². The van der Waals surface area contributed by atoms with Crippen molar-refractivity contribution >= 4 is 134 Å². The predicted octanol–water partition coefficient (Wildman–Crippen LogP) is 12.5. The lowest BCUT2D eigenvalue weighted by Gasteiger charge is -2.29. The Morgan fingerprint density at radius 2 is 0.480 bits per heavy atom. The topological polar surface area (TPSA) is 55.4 Å². The van der Waals surface area contributed by atoms with E-state index in [0.29, 0.717) is 91.9 Å². The first kappa shape index (κ1) is 54.4. The minimum atomic E-state index is -3.14. The van der Waals surface area contributed by atoms with E-state index in [4.69, 9.17) is 63.8 Å². The average molecular weight is 1120 g/mol. The average Bonchev–Trinajstić information content (AvgIpc) is 4.18. The quantitative estimate of drug-likeness (QED) is 0.0435. The van der Waals surface area contributed by atoms with E-state index in [0.717, 1.165) is 119 Å². The molecule has 3 aliphatic rings. The van der Waals surface area contributed by atoms with E-state index in [-0.39, 0.29) is 0 Å². The van der Waals surface area contributed by atoms with Gasteiger partial charge in [0.15, 0.2) is 34.5 Å². The van der Waals surface area contributed by atoms with Crippen molar-refractivity contribution < 1.29 is 28.4 Å². The second-order valence-corrected chi connectivity index (χ2v) is 34.4. The van der Waals surface area contributed by atoms with Crippen LogP contribution in [-0.4, -0.2) is 39.6 Å². The molecule has 0 saturated heterocycles. The van der Waals surface area contributed by atoms with Gasteiger partial charge in [-0.15, -0.1) is 0 Å². The van der Waals surface area contributed by atoms with E-state index in [1.165, 1.54) is 16.7 Å². The summed E-state index contributed by atoms with van der Waals surface area (Å²) in [7, 11) is 0. The number of aryl methyl sites for hydroxylation is 3. The number of benzene rings is 7. The van der Waals surface area contributed by atoms with E-state index in [9.17, 15) is 0 Å². The molecule has 0 aromatic heterocycles. The molecule has 0 atom stereocenters. The fourth-order valence-corrected chi connectivity index (χ4v) is 26.2. The van der Waals surface area contributed by atoms with Crippen molar-refractivity contribution in [3.63, 3.8) is 0 Å². The molecular weight excluding hydrogens is 1040 g/mol. The Morgan fingerprint density at radius 3 is 0.627 bits per heavy atom. The van der Waals surface area contributed by atoms with Crippen molar-refractivity contribution in [2.24, 2.45) is 17.8 Å². The molecule has 0 unspecified atom stereocenters. The van der Waals surface area contributed by atoms with Crippen LogP contribution in [0.15, 0.2) is 72.8 Å². The highest BCUT2D eigenvalue weighted by Gasteiger charge is 2.56. The summed E-state index contributed by atoms with van der Waals surface area (Å²) in [5.74, 6) is 5.86. The largest absolute Gasteiger partial charge is 0.489 e. The Balaban J connectivity index is 1.48. The third-order valence-corrected chi connectivity index (χ3v) is 30.0. The monoisotopic (exact) mass is 1120 g/mol. The van der Waals surface area contributed by atoms with Crippen LogP contribution < -0.4 is 76.2 Å². The van der Waals surface area contributed by atoms with Crippen LogP contribution in [-0.2, 0) is 54.7 Å². The molecule has 0 bridgehead atoms. The molecule has 0 spiro atoms. The lowest BCUT2D eigenvalue weighted by Crippen LogP contribution is -2.29. The fraction of sp³-hybridized carbons (Fsp3) is 0.429. The van der Waals surface area contributed by atoms with Crippen molar-refractivity contribution in [2.45, 2.75) is 122 Å². The van der Waals surface area contributed by atoms with Crippen LogP contribution in [0.1, 0.15) is 119 Å². The first-order chi connectivity index (χ1) is 36.1. The highest BCUT2D eigenvalue weighted by molar-refractivity contribution is 8.28. The van der Waals surface area contributed by atoms with Crippen LogP contribution in [0.3, 0.4) is 0 Å². The van der Waals surface area contributed by atoms with Crippen LogP contribution in [0.4, 0.5) is 0 Å². The van der Waals surface area contributed by atoms with Gasteiger partial charge < -0.3 is 28.4 Å². The van der Waals surface area contributed by atoms with E-state index in [2.05, 4.69) is 156 Å². The molecule has 0 saturated carbocycles. The maximum atomic E-state index is 7.67. The van der Waals surface area contributed by atoms with Gasteiger partial charge in [-0.05, 0) is 130 Å². The van der Waals surface area contributed by atoms with Crippen molar-refractivity contribution in [1.82, 2.24) is 0 Å². The van der Waals surface area contributed by atoms with E-state index in [1.54, 1.807) is 0 Å². The summed E-state index contributed by atoms with van der Waals surface area (Å²) in [5, 5.41) is 15.7. The van der Waals surface area contributed by atoms with E-state index in [1.807, 2.05) is 0 Å². The Bertz CT molecular complexity index is 2990. The highest BCUT2D eigenvalue weighted by atomic mass is 32.4. The Kier molecular flexibility index (Phi) is 15.5. The summed E-state index contributed by atoms with van der Waals surface area (Å²) in [6.45, 7) is 28.5. The van der Waals surface area contributed by atoms with Crippen LogP contribution >= 0.6 is 18.1 Å². The van der Waals surface area contributed by atoms with E-state index >= 15 is 0 Å². The molecule has 10 rings (SSSR count). The number of rotatable bonds is 24. The first-order valence-corrected chi connectivity index (χ1v) is 36.1. The van der Waals surface area contributed by atoms with Crippen LogP contribution in [0.2, 0.25) is 0 Å². The summed E-state index contributed by atoms with van der Waals surface area (Å²) >= 11 is 23.0. The van der Waals surface area contributed by atoms with Crippen molar-refractivity contribution in [3.8, 4) is 34.5 Å². The molecule has 0 N–H and O–H groups in total. The number of hydrogen-bond acceptors (Lipinski definition) is 9. The first-order valence-electron chi connectivity index (χ1n) is 27.7. The maximum Gasteiger partial charge on any atom is 0.171 e. The second kappa shape index (κ2) is 21.4. The summed E-state index contributed by atoms with van der Waals surface area (Å²) in [6, 6.07) is 18.1. The molecule has 396 valence electrons. The number of ether oxygens (including phenoxy) is 6. The lowest BCUT2D eigenvalue weighted by molar-refractivity contribution is 0.292. The molecule has 0 radical (unpaired) electrons. The van der Waals surface area contributed by atoms with Gasteiger partial charge >= 0.3 is 0 Å². The summed E-state index contributed by atoms with van der Waals surface area (Å²) in [4.78, 5) is 0. The Morgan fingerprint density at radius 1 is 0.307 bits per heavy atom. The predicted molar refractivity (Wildman–Crippen MR) is 334 cm³/mol. The van der Waals surface area contributed by atoms with Gasteiger partial charge in [0, 0.05) is 82.3 Å². The molecule has 7 aromatic carbocycles. The third-order valence-electron chi connectivity index (χ3n) is 15.4. The smallest absolute Gasteiger partial charge is 0.171 e. The molecule has 75 heavy (non-hydrogen) atoms. The highest BCUT2D eigenvalue weighted by Crippen LogP contribution is 2.71. The molecule has 0 amide bonds. The van der Waals surface area contributed by atoms with Gasteiger partial charge in [-0.2, -0.15) is 0 Å². The zero-order valence-electron chi connectivity index (χ0n) is 46.2. The molecule has 12 heteroatoms. The van der Waals surface area contributed by atoms with Gasteiger partial charge in [0.05, 0.1) is 39.6 Å². The van der Waals surface area contributed by atoms with Crippen LogP contribution in [0.25, 0.3) is 32.3 Å². The molecule has 6 nitrogen and oxygen atoms in total. The van der Waals surface area contributed by atoms with Gasteiger partial charge in [0.25, 0.3) is 0 Å². The summed E-state index contributed by atoms with van der Waals surface area (Å²) in [5.41, 5.74) is 3.88. The standard InChI is InChI=1S/C63H75O6P3S3/c1-13-64-52-53(65-14-2)59-47-46-48-50-51-49(47)61(71(59,74)44-33-27-41(28-34-44)23-20-38(9)10)56(68-17-5)57(69-18-6)63(51)72(75,45-35-29-42(30-36-45)24-21-39(11)12)62(50)55(67-16-4)54(66-15-3)60(48)70(73,58(46)52)43-31-25-40(26-32-43)22-19-37(7)8/h25-39H,13-24H2,1-12H3. The van der Waals surface area contributed by atoms with Crippen molar-refractivity contribution in [1.29, 1.82) is 0 Å². The third kappa shape index (κ3) is 8.36. The van der Waals surface area contributed by atoms with Crippen molar-refractivity contribution in [3.05, 3.63) is 89.5 Å². The Labute approximate surface area is 462 Å². The zero-order valence-corrected chi connectivity index (χ0v) is 51.3. The molecule has 3 aliphatic heterocycles. The van der Waals surface area contributed by atoms with Crippen LogP contribution in [0, 0.1) is 17.8 Å². The molecule has 7 aromatic rings. The normalized spacial score (nSPS) is 18.9. The van der Waals surface area contributed by atoms with Gasteiger partial charge in [0.1, 0.15) is 0 Å². The minimum absolute atomic E-state index is 0.397. The van der Waals surface area contributed by atoms with Crippen molar-refractivity contribution in [2.75, 3.05) is 39.6 Å². The van der Waals surface area contributed by atoms with Gasteiger partial charge in [-0.25, -0.2) is 0 Å². The Hall–Kier alpha value is -3.93. The lowest BCUT2D eigenvalue weighted by atomic mass is 9.93. The second-order valence-electron chi connectivity index (χ2n) is 21.5. The minimum Gasteiger partial charge on any atom is -0.489 e. The summed E-state index contributed by atoms with van der Waals surface area (Å²) < 4.78 is 43.2. The summed E-state index contributed by atoms with van der Waals surface area (Å²) in [6.07, 6.45) is 6.28. The maximum absolute atomic E-state index is 7.67.